The van der Waals surface area contributed by atoms with E-state index < -0.39 is 0 Å². The lowest BCUT2D eigenvalue weighted by Gasteiger charge is -2.17. The predicted molar refractivity (Wildman–Crippen MR) is 115 cm³/mol. The number of aryl methyl sites for hydroxylation is 2. The van der Waals surface area contributed by atoms with Crippen molar-refractivity contribution >= 4 is 39.2 Å². The average Bonchev–Trinajstić information content (AvgIpc) is 3.43. The third-order valence-corrected chi connectivity index (χ3v) is 7.76. The van der Waals surface area contributed by atoms with Gasteiger partial charge in [-0.25, -0.2) is 4.98 Å². The monoisotopic (exact) mass is 437 g/mol. The van der Waals surface area contributed by atoms with Gasteiger partial charge in [0.15, 0.2) is 5.16 Å². The van der Waals surface area contributed by atoms with E-state index in [1.165, 1.54) is 22.2 Å². The molecule has 0 radical (unpaired) electrons. The molecule has 1 N–H and O–H groups in total. The number of thiophene rings is 1. The molecule has 4 rings (SSSR count). The van der Waals surface area contributed by atoms with Crippen LogP contribution in [-0.2, 0) is 33.7 Å². The number of rotatable bonds is 8. The number of carbonyl (C=O) groups is 1. The lowest BCUT2D eigenvalue weighted by Crippen LogP contribution is -2.37. The van der Waals surface area contributed by atoms with Gasteiger partial charge in [-0.15, -0.1) is 11.3 Å². The van der Waals surface area contributed by atoms with Gasteiger partial charge in [0.25, 0.3) is 5.56 Å². The molecule has 0 spiro atoms. The highest BCUT2D eigenvalue weighted by atomic mass is 32.2. The molecular weight excluding hydrogens is 410 g/mol. The third kappa shape index (κ3) is 4.38. The summed E-state index contributed by atoms with van der Waals surface area (Å²) in [4.78, 5) is 32.7. The molecule has 2 atom stereocenters. The van der Waals surface area contributed by atoms with E-state index in [0.29, 0.717) is 24.9 Å². The molecule has 1 aliphatic heterocycles. The number of methoxy groups -OCH3 is 1. The highest BCUT2D eigenvalue weighted by Gasteiger charge is 2.25. The molecule has 2 aliphatic rings. The summed E-state index contributed by atoms with van der Waals surface area (Å²) >= 11 is 2.95. The summed E-state index contributed by atoms with van der Waals surface area (Å²) in [5.41, 5.74) is 1.16. The quantitative estimate of drug-likeness (QED) is 0.504. The molecule has 29 heavy (non-hydrogen) atoms. The standard InChI is InChI=1S/C20H27N3O4S2/c1-12(17(24)21-11-13-5-4-9-27-13)28-20-22-18-16(14-6-3-7-15(14)29-18)19(25)23(20)8-10-26-2/h12-13H,3-11H2,1-2H3,(H,21,24)/t12-,13-/m0/s1. The van der Waals surface area contributed by atoms with Gasteiger partial charge >= 0.3 is 0 Å². The smallest absolute Gasteiger partial charge is 0.263 e. The number of nitrogens with zero attached hydrogens (tertiary/aromatic N) is 2. The first-order chi connectivity index (χ1) is 14.1. The Balaban J connectivity index is 1.56. The predicted octanol–water partition coefficient (Wildman–Crippen LogP) is 2.37. The fourth-order valence-corrected chi connectivity index (χ4v) is 6.16. The van der Waals surface area contributed by atoms with E-state index in [1.807, 2.05) is 6.92 Å². The molecule has 2 aromatic heterocycles. The van der Waals surface area contributed by atoms with Gasteiger partial charge in [-0.05, 0) is 44.6 Å². The Labute approximate surface area is 178 Å². The molecule has 0 unspecified atom stereocenters. The van der Waals surface area contributed by atoms with Gasteiger partial charge in [0.1, 0.15) is 4.83 Å². The van der Waals surface area contributed by atoms with Gasteiger partial charge in [0.05, 0.1) is 29.9 Å². The largest absolute Gasteiger partial charge is 0.383 e. The highest BCUT2D eigenvalue weighted by Crippen LogP contribution is 2.36. The fraction of sp³-hybridized carbons (Fsp3) is 0.650. The summed E-state index contributed by atoms with van der Waals surface area (Å²) in [6, 6.07) is 0. The minimum atomic E-state index is -0.360. The van der Waals surface area contributed by atoms with Crippen molar-refractivity contribution in [3.05, 3.63) is 20.8 Å². The molecule has 1 amide bonds. The molecular formula is C20H27N3O4S2. The number of carbonyl (C=O) groups excluding carboxylic acids is 1. The number of amides is 1. The van der Waals surface area contributed by atoms with Crippen LogP contribution in [0.15, 0.2) is 9.95 Å². The number of nitrogens with one attached hydrogen (secondary N) is 1. The van der Waals surface area contributed by atoms with Gasteiger partial charge in [-0.1, -0.05) is 11.8 Å². The van der Waals surface area contributed by atoms with Crippen molar-refractivity contribution in [2.24, 2.45) is 0 Å². The van der Waals surface area contributed by atoms with Crippen LogP contribution in [0.2, 0.25) is 0 Å². The van der Waals surface area contributed by atoms with Crippen LogP contribution in [0.5, 0.6) is 0 Å². The van der Waals surface area contributed by atoms with Crippen LogP contribution in [0, 0.1) is 0 Å². The SMILES string of the molecule is COCCn1c(S[C@@H](C)C(=O)NC[C@@H]2CCCO2)nc2sc3c(c2c1=O)CCC3. The van der Waals surface area contributed by atoms with Crippen molar-refractivity contribution in [1.82, 2.24) is 14.9 Å². The molecule has 1 fully saturated rings. The van der Waals surface area contributed by atoms with E-state index in [1.54, 1.807) is 23.0 Å². The number of ether oxygens (including phenoxy) is 2. The van der Waals surface area contributed by atoms with Crippen LogP contribution in [0.1, 0.15) is 36.6 Å². The first-order valence-corrected chi connectivity index (χ1v) is 11.9. The number of hydrogen-bond acceptors (Lipinski definition) is 7. The summed E-state index contributed by atoms with van der Waals surface area (Å²) in [7, 11) is 1.62. The normalized spacial score (nSPS) is 19.6. The van der Waals surface area contributed by atoms with Gasteiger partial charge < -0.3 is 14.8 Å². The van der Waals surface area contributed by atoms with Crippen LogP contribution in [-0.4, -0.2) is 53.7 Å². The molecule has 1 aliphatic carbocycles. The van der Waals surface area contributed by atoms with Crippen LogP contribution in [0.25, 0.3) is 10.2 Å². The summed E-state index contributed by atoms with van der Waals surface area (Å²) in [5.74, 6) is -0.0631. The minimum absolute atomic E-state index is 0.0130. The van der Waals surface area contributed by atoms with Gasteiger partial charge in [0, 0.05) is 25.1 Å². The molecule has 0 saturated carbocycles. The zero-order chi connectivity index (χ0) is 20.4. The number of thioether (sulfide) groups is 1. The van der Waals surface area contributed by atoms with Gasteiger partial charge in [-0.2, -0.15) is 0 Å². The van der Waals surface area contributed by atoms with Gasteiger partial charge in [0.2, 0.25) is 5.91 Å². The summed E-state index contributed by atoms with van der Waals surface area (Å²) in [6.07, 6.45) is 5.22. The lowest BCUT2D eigenvalue weighted by molar-refractivity contribution is -0.120. The molecule has 158 valence electrons. The van der Waals surface area contributed by atoms with Gasteiger partial charge in [-0.3, -0.25) is 14.2 Å². The highest BCUT2D eigenvalue weighted by molar-refractivity contribution is 8.00. The Morgan fingerprint density at radius 1 is 1.45 bits per heavy atom. The van der Waals surface area contributed by atoms with Crippen molar-refractivity contribution < 1.29 is 14.3 Å². The maximum Gasteiger partial charge on any atom is 0.263 e. The van der Waals surface area contributed by atoms with Crippen molar-refractivity contribution in [1.29, 1.82) is 0 Å². The summed E-state index contributed by atoms with van der Waals surface area (Å²) < 4.78 is 12.4. The van der Waals surface area contributed by atoms with E-state index in [2.05, 4.69) is 5.32 Å². The molecule has 2 aromatic rings. The Morgan fingerprint density at radius 2 is 2.31 bits per heavy atom. The Hall–Kier alpha value is -1.42. The molecule has 3 heterocycles. The molecule has 1 saturated heterocycles. The van der Waals surface area contributed by atoms with Crippen molar-refractivity contribution in [2.75, 3.05) is 26.9 Å². The van der Waals surface area contributed by atoms with E-state index in [-0.39, 0.29) is 22.8 Å². The second-order valence-corrected chi connectivity index (χ2v) is 9.91. The summed E-state index contributed by atoms with van der Waals surface area (Å²) in [6.45, 7) is 4.00. The van der Waals surface area contributed by atoms with E-state index in [9.17, 15) is 9.59 Å². The molecule has 7 nitrogen and oxygen atoms in total. The van der Waals surface area contributed by atoms with Crippen molar-refractivity contribution in [3.63, 3.8) is 0 Å². The topological polar surface area (TPSA) is 82.4 Å². The van der Waals surface area contributed by atoms with E-state index in [4.69, 9.17) is 14.5 Å². The number of aromatic nitrogens is 2. The Morgan fingerprint density at radius 3 is 3.07 bits per heavy atom. The van der Waals surface area contributed by atoms with Crippen LogP contribution in [0.4, 0.5) is 0 Å². The lowest BCUT2D eigenvalue weighted by atomic mass is 10.2. The molecule has 0 bridgehead atoms. The van der Waals surface area contributed by atoms with Crippen LogP contribution in [0.3, 0.4) is 0 Å². The number of hydrogen-bond donors (Lipinski definition) is 1. The zero-order valence-corrected chi connectivity index (χ0v) is 18.5. The minimum Gasteiger partial charge on any atom is -0.383 e. The first-order valence-electron chi connectivity index (χ1n) is 10.2. The van der Waals surface area contributed by atoms with Crippen molar-refractivity contribution in [2.45, 2.75) is 62.1 Å². The second kappa shape index (κ2) is 9.16. The Bertz CT molecular complexity index is 949. The number of fused-ring (bicyclic) bond motifs is 3. The van der Waals surface area contributed by atoms with E-state index >= 15 is 0 Å². The molecule has 9 heteroatoms. The van der Waals surface area contributed by atoms with Crippen LogP contribution < -0.4 is 10.9 Å². The zero-order valence-electron chi connectivity index (χ0n) is 16.9. The van der Waals surface area contributed by atoms with Crippen LogP contribution >= 0.6 is 23.1 Å². The maximum absolute atomic E-state index is 13.3. The maximum atomic E-state index is 13.3. The Kier molecular flexibility index (Phi) is 6.58. The third-order valence-electron chi connectivity index (χ3n) is 5.49. The van der Waals surface area contributed by atoms with Crippen molar-refractivity contribution in [3.8, 4) is 0 Å². The fourth-order valence-electron chi connectivity index (χ4n) is 3.90. The second-order valence-electron chi connectivity index (χ2n) is 7.52. The molecule has 0 aromatic carbocycles. The first kappa shape index (κ1) is 20.8. The average molecular weight is 438 g/mol. The summed E-state index contributed by atoms with van der Waals surface area (Å²) in [5, 5.41) is 3.95. The van der Waals surface area contributed by atoms with E-state index in [0.717, 1.165) is 48.9 Å².